The van der Waals surface area contributed by atoms with Gasteiger partial charge in [0.05, 0.1) is 7.11 Å². The van der Waals surface area contributed by atoms with E-state index in [2.05, 4.69) is 47.6 Å². The summed E-state index contributed by atoms with van der Waals surface area (Å²) < 4.78 is 5.37. The van der Waals surface area contributed by atoms with Gasteiger partial charge in [0.15, 0.2) is 0 Å². The number of aryl methyl sites for hydroxylation is 1. The molecule has 0 bridgehead atoms. The minimum Gasteiger partial charge on any atom is -0.496 e. The van der Waals surface area contributed by atoms with E-state index in [-0.39, 0.29) is 5.41 Å². The Hall–Kier alpha value is -0.980. The minimum absolute atomic E-state index is 0.200. The molecule has 0 spiro atoms. The fraction of sp³-hybridized carbons (Fsp3) is 0.571. The summed E-state index contributed by atoms with van der Waals surface area (Å²) in [5.41, 5.74) is 5.58. The van der Waals surface area contributed by atoms with Crippen molar-refractivity contribution in [1.82, 2.24) is 0 Å². The maximum Gasteiger partial charge on any atom is 0.122 e. The Morgan fingerprint density at radius 3 is 1.93 bits per heavy atom. The molecular formula is C14H22O. The summed E-state index contributed by atoms with van der Waals surface area (Å²) in [6.07, 6.45) is 0. The highest BCUT2D eigenvalue weighted by Gasteiger charge is 2.21. The predicted molar refractivity (Wildman–Crippen MR) is 65.9 cm³/mol. The predicted octanol–water partition coefficient (Wildman–Crippen LogP) is 3.92. The van der Waals surface area contributed by atoms with E-state index in [0.717, 1.165) is 5.75 Å². The number of benzene rings is 1. The zero-order chi connectivity index (χ0) is 11.8. The molecule has 0 aliphatic carbocycles. The van der Waals surface area contributed by atoms with Crippen molar-refractivity contribution in [3.63, 3.8) is 0 Å². The lowest BCUT2D eigenvalue weighted by Gasteiger charge is -2.26. The molecule has 0 saturated carbocycles. The van der Waals surface area contributed by atoms with Crippen LogP contribution >= 0.6 is 0 Å². The quantitative estimate of drug-likeness (QED) is 0.676. The van der Waals surface area contributed by atoms with Gasteiger partial charge in [0, 0.05) is 0 Å². The number of methoxy groups -OCH3 is 1. The van der Waals surface area contributed by atoms with Gasteiger partial charge >= 0.3 is 0 Å². The highest BCUT2D eigenvalue weighted by molar-refractivity contribution is 5.50. The summed E-state index contributed by atoms with van der Waals surface area (Å²) in [6, 6.07) is 2.14. The van der Waals surface area contributed by atoms with E-state index in [1.54, 1.807) is 7.11 Å². The van der Waals surface area contributed by atoms with Crippen LogP contribution in [0.25, 0.3) is 0 Å². The smallest absolute Gasteiger partial charge is 0.122 e. The van der Waals surface area contributed by atoms with Crippen LogP contribution in [0.2, 0.25) is 0 Å². The van der Waals surface area contributed by atoms with Crippen LogP contribution in [0.15, 0.2) is 6.07 Å². The first kappa shape index (κ1) is 12.1. The zero-order valence-electron chi connectivity index (χ0n) is 11.0. The summed E-state index contributed by atoms with van der Waals surface area (Å²) in [7, 11) is 1.73. The van der Waals surface area contributed by atoms with E-state index in [9.17, 15) is 0 Å². The molecule has 0 aromatic heterocycles. The Kier molecular flexibility index (Phi) is 3.13. The Bertz CT molecular complexity index is 370. The van der Waals surface area contributed by atoms with E-state index >= 15 is 0 Å². The monoisotopic (exact) mass is 206 g/mol. The third-order valence-electron chi connectivity index (χ3n) is 3.02. The molecule has 1 heteroatoms. The van der Waals surface area contributed by atoms with E-state index in [1.165, 1.54) is 22.3 Å². The first-order chi connectivity index (χ1) is 6.79. The summed E-state index contributed by atoms with van der Waals surface area (Å²) in [4.78, 5) is 0. The maximum absolute atomic E-state index is 5.37. The fourth-order valence-electron chi connectivity index (χ4n) is 2.41. The second kappa shape index (κ2) is 3.88. The fourth-order valence-corrected chi connectivity index (χ4v) is 2.41. The van der Waals surface area contributed by atoms with Gasteiger partial charge in [-0.2, -0.15) is 0 Å². The molecule has 0 aliphatic heterocycles. The van der Waals surface area contributed by atoms with Crippen molar-refractivity contribution in [3.05, 3.63) is 28.3 Å². The molecule has 15 heavy (non-hydrogen) atoms. The van der Waals surface area contributed by atoms with Gasteiger partial charge in [-0.15, -0.1) is 0 Å². The number of ether oxygens (including phenoxy) is 1. The van der Waals surface area contributed by atoms with Crippen molar-refractivity contribution in [2.24, 2.45) is 0 Å². The van der Waals surface area contributed by atoms with Gasteiger partial charge in [0.25, 0.3) is 0 Å². The second-order valence-corrected chi connectivity index (χ2v) is 5.27. The lowest BCUT2D eigenvalue weighted by atomic mass is 9.80. The van der Waals surface area contributed by atoms with E-state index in [0.29, 0.717) is 0 Å². The van der Waals surface area contributed by atoms with Crippen LogP contribution in [0.1, 0.15) is 43.0 Å². The van der Waals surface area contributed by atoms with Crippen LogP contribution in [-0.2, 0) is 5.41 Å². The average molecular weight is 206 g/mol. The Morgan fingerprint density at radius 2 is 1.53 bits per heavy atom. The SMILES string of the molecule is COc1cc(C)c(C(C)(C)C)c(C)c1C. The van der Waals surface area contributed by atoms with Crippen LogP contribution in [0.4, 0.5) is 0 Å². The van der Waals surface area contributed by atoms with Gasteiger partial charge in [-0.1, -0.05) is 20.8 Å². The number of hydrogen-bond acceptors (Lipinski definition) is 1. The summed E-state index contributed by atoms with van der Waals surface area (Å²) in [5.74, 6) is 0.998. The molecule has 1 nitrogen and oxygen atoms in total. The van der Waals surface area contributed by atoms with Gasteiger partial charge in [-0.05, 0) is 54.5 Å². The zero-order valence-corrected chi connectivity index (χ0v) is 11.0. The molecule has 0 atom stereocenters. The molecule has 84 valence electrons. The third kappa shape index (κ3) is 2.17. The largest absolute Gasteiger partial charge is 0.496 e. The van der Waals surface area contributed by atoms with E-state index in [4.69, 9.17) is 4.74 Å². The maximum atomic E-state index is 5.37. The van der Waals surface area contributed by atoms with Crippen LogP contribution in [0, 0.1) is 20.8 Å². The van der Waals surface area contributed by atoms with E-state index in [1.807, 2.05) is 0 Å². The molecule has 1 aromatic rings. The van der Waals surface area contributed by atoms with Crippen LogP contribution in [0.3, 0.4) is 0 Å². The van der Waals surface area contributed by atoms with Crippen molar-refractivity contribution in [3.8, 4) is 5.75 Å². The topological polar surface area (TPSA) is 9.23 Å². The van der Waals surface area contributed by atoms with E-state index < -0.39 is 0 Å². The molecule has 0 aliphatic rings. The summed E-state index contributed by atoms with van der Waals surface area (Å²) in [6.45, 7) is 13.3. The normalized spacial score (nSPS) is 11.7. The minimum atomic E-state index is 0.200. The van der Waals surface area contributed by atoms with Crippen molar-refractivity contribution in [2.45, 2.75) is 47.0 Å². The van der Waals surface area contributed by atoms with Crippen LogP contribution in [-0.4, -0.2) is 7.11 Å². The van der Waals surface area contributed by atoms with Gasteiger partial charge in [0.2, 0.25) is 0 Å². The molecule has 0 radical (unpaired) electrons. The molecule has 0 fully saturated rings. The average Bonchev–Trinajstić information content (AvgIpc) is 2.09. The molecule has 0 heterocycles. The van der Waals surface area contributed by atoms with Crippen molar-refractivity contribution in [1.29, 1.82) is 0 Å². The highest BCUT2D eigenvalue weighted by atomic mass is 16.5. The molecule has 0 amide bonds. The second-order valence-electron chi connectivity index (χ2n) is 5.27. The summed E-state index contributed by atoms with van der Waals surface area (Å²) in [5, 5.41) is 0. The molecular weight excluding hydrogens is 184 g/mol. The van der Waals surface area contributed by atoms with Gasteiger partial charge in [0.1, 0.15) is 5.75 Å². The third-order valence-corrected chi connectivity index (χ3v) is 3.02. The standard InChI is InChI=1S/C14H22O/c1-9-8-12(15-7)10(2)11(3)13(9)14(4,5)6/h8H,1-7H3. The Labute approximate surface area is 93.5 Å². The molecule has 0 N–H and O–H groups in total. The lowest BCUT2D eigenvalue weighted by Crippen LogP contribution is -2.16. The Balaban J connectivity index is 3.50. The molecule has 0 unspecified atom stereocenters. The lowest BCUT2D eigenvalue weighted by molar-refractivity contribution is 0.410. The molecule has 1 rings (SSSR count). The summed E-state index contributed by atoms with van der Waals surface area (Å²) >= 11 is 0. The number of hydrogen-bond donors (Lipinski definition) is 0. The van der Waals surface area contributed by atoms with Crippen molar-refractivity contribution in [2.75, 3.05) is 7.11 Å². The van der Waals surface area contributed by atoms with Crippen LogP contribution in [0.5, 0.6) is 5.75 Å². The van der Waals surface area contributed by atoms with Crippen molar-refractivity contribution >= 4 is 0 Å². The first-order valence-corrected chi connectivity index (χ1v) is 5.44. The Morgan fingerprint density at radius 1 is 1.00 bits per heavy atom. The van der Waals surface area contributed by atoms with Gasteiger partial charge in [-0.3, -0.25) is 0 Å². The first-order valence-electron chi connectivity index (χ1n) is 5.44. The number of rotatable bonds is 1. The van der Waals surface area contributed by atoms with Crippen molar-refractivity contribution < 1.29 is 4.74 Å². The molecule has 0 saturated heterocycles. The van der Waals surface area contributed by atoms with Gasteiger partial charge in [-0.25, -0.2) is 0 Å². The van der Waals surface area contributed by atoms with Crippen LogP contribution < -0.4 is 4.74 Å². The van der Waals surface area contributed by atoms with Gasteiger partial charge < -0.3 is 4.74 Å². The molecule has 1 aromatic carbocycles. The highest BCUT2D eigenvalue weighted by Crippen LogP contribution is 2.34.